The van der Waals surface area contributed by atoms with Gasteiger partial charge < -0.3 is 10.2 Å². The Morgan fingerprint density at radius 2 is 1.95 bits per heavy atom. The van der Waals surface area contributed by atoms with Crippen molar-refractivity contribution < 1.29 is 4.79 Å². The SMILES string of the molecule is CCN(CC)c1ccc(C(=O)NC(C)c2nn[nH]n2)cc1. The van der Waals surface area contributed by atoms with Gasteiger partial charge in [0.05, 0.1) is 6.04 Å². The second-order valence-electron chi connectivity index (χ2n) is 4.68. The largest absolute Gasteiger partial charge is 0.372 e. The molecule has 0 fully saturated rings. The number of aromatic nitrogens is 4. The van der Waals surface area contributed by atoms with Crippen LogP contribution in [0.4, 0.5) is 5.69 Å². The summed E-state index contributed by atoms with van der Waals surface area (Å²) in [5, 5.41) is 16.4. The molecule has 1 aromatic heterocycles. The number of hydrogen-bond acceptors (Lipinski definition) is 5. The molecule has 7 heteroatoms. The van der Waals surface area contributed by atoms with Gasteiger partial charge in [-0.15, -0.1) is 10.2 Å². The molecule has 1 atom stereocenters. The third kappa shape index (κ3) is 3.56. The lowest BCUT2D eigenvalue weighted by atomic mass is 10.1. The predicted octanol–water partition coefficient (Wildman–Crippen LogP) is 1.54. The van der Waals surface area contributed by atoms with Crippen molar-refractivity contribution in [3.8, 4) is 0 Å². The predicted molar refractivity (Wildman–Crippen MR) is 80.1 cm³/mol. The van der Waals surface area contributed by atoms with Crippen molar-refractivity contribution in [1.29, 1.82) is 0 Å². The molecule has 0 saturated carbocycles. The molecule has 1 unspecified atom stereocenters. The van der Waals surface area contributed by atoms with Gasteiger partial charge in [-0.05, 0) is 45.0 Å². The number of anilines is 1. The zero-order chi connectivity index (χ0) is 15.2. The van der Waals surface area contributed by atoms with E-state index in [1.807, 2.05) is 31.2 Å². The summed E-state index contributed by atoms with van der Waals surface area (Å²) in [7, 11) is 0. The third-order valence-corrected chi connectivity index (χ3v) is 3.35. The Labute approximate surface area is 123 Å². The van der Waals surface area contributed by atoms with Gasteiger partial charge >= 0.3 is 0 Å². The first-order valence-corrected chi connectivity index (χ1v) is 7.04. The van der Waals surface area contributed by atoms with E-state index in [2.05, 4.69) is 44.7 Å². The molecule has 2 N–H and O–H groups in total. The second kappa shape index (κ2) is 6.83. The van der Waals surface area contributed by atoms with Crippen LogP contribution in [0.2, 0.25) is 0 Å². The van der Waals surface area contributed by atoms with Crippen LogP contribution >= 0.6 is 0 Å². The number of aromatic amines is 1. The van der Waals surface area contributed by atoms with E-state index in [0.717, 1.165) is 18.8 Å². The van der Waals surface area contributed by atoms with Gasteiger partial charge in [0.1, 0.15) is 0 Å². The van der Waals surface area contributed by atoms with Crippen molar-refractivity contribution in [2.45, 2.75) is 26.8 Å². The molecule has 1 aromatic carbocycles. The van der Waals surface area contributed by atoms with Gasteiger partial charge in [0.25, 0.3) is 5.91 Å². The van der Waals surface area contributed by atoms with Gasteiger partial charge in [0, 0.05) is 24.3 Å². The van der Waals surface area contributed by atoms with Gasteiger partial charge in [-0.2, -0.15) is 5.21 Å². The smallest absolute Gasteiger partial charge is 0.251 e. The minimum Gasteiger partial charge on any atom is -0.372 e. The molecule has 21 heavy (non-hydrogen) atoms. The zero-order valence-electron chi connectivity index (χ0n) is 12.5. The molecule has 1 amide bonds. The van der Waals surface area contributed by atoms with Crippen LogP contribution in [0.25, 0.3) is 0 Å². The standard InChI is InChI=1S/C14H20N6O/c1-4-20(5-2)12-8-6-11(7-9-12)14(21)15-10(3)13-16-18-19-17-13/h6-10H,4-5H2,1-3H3,(H,15,21)(H,16,17,18,19). The Bertz CT molecular complexity index is 562. The van der Waals surface area contributed by atoms with Gasteiger partial charge in [-0.3, -0.25) is 4.79 Å². The molecular weight excluding hydrogens is 268 g/mol. The van der Waals surface area contributed by atoms with Crippen molar-refractivity contribution in [2.24, 2.45) is 0 Å². The topological polar surface area (TPSA) is 86.8 Å². The molecule has 7 nitrogen and oxygen atoms in total. The highest BCUT2D eigenvalue weighted by Gasteiger charge is 2.14. The van der Waals surface area contributed by atoms with Crippen LogP contribution in [0, 0.1) is 0 Å². The van der Waals surface area contributed by atoms with Crippen molar-refractivity contribution >= 4 is 11.6 Å². The monoisotopic (exact) mass is 288 g/mol. The first kappa shape index (κ1) is 15.0. The maximum atomic E-state index is 12.2. The fraction of sp³-hybridized carbons (Fsp3) is 0.429. The van der Waals surface area contributed by atoms with Crippen LogP contribution in [-0.2, 0) is 0 Å². The Morgan fingerprint density at radius 1 is 1.29 bits per heavy atom. The number of H-pyrrole nitrogens is 1. The number of nitrogens with one attached hydrogen (secondary N) is 2. The molecular formula is C14H20N6O. The van der Waals surface area contributed by atoms with Crippen LogP contribution in [0.1, 0.15) is 43.0 Å². The van der Waals surface area contributed by atoms with Gasteiger partial charge in [0.15, 0.2) is 5.82 Å². The van der Waals surface area contributed by atoms with Crippen molar-refractivity contribution in [2.75, 3.05) is 18.0 Å². The first-order chi connectivity index (χ1) is 10.2. The summed E-state index contributed by atoms with van der Waals surface area (Å²) in [6.45, 7) is 7.91. The Kier molecular flexibility index (Phi) is 4.86. The molecule has 2 rings (SSSR count). The summed E-state index contributed by atoms with van der Waals surface area (Å²) in [6.07, 6.45) is 0. The number of carbonyl (C=O) groups excluding carboxylic acids is 1. The molecule has 0 saturated heterocycles. The number of tetrazole rings is 1. The van der Waals surface area contributed by atoms with E-state index >= 15 is 0 Å². The van der Waals surface area contributed by atoms with Crippen LogP contribution in [0.3, 0.4) is 0 Å². The van der Waals surface area contributed by atoms with Gasteiger partial charge in [0.2, 0.25) is 0 Å². The van der Waals surface area contributed by atoms with E-state index in [4.69, 9.17) is 0 Å². The van der Waals surface area contributed by atoms with Gasteiger partial charge in [-0.25, -0.2) is 0 Å². The molecule has 0 aliphatic heterocycles. The van der Waals surface area contributed by atoms with E-state index in [0.29, 0.717) is 11.4 Å². The van der Waals surface area contributed by atoms with Crippen LogP contribution in [0.5, 0.6) is 0 Å². The average molecular weight is 288 g/mol. The number of benzene rings is 1. The molecule has 0 aliphatic rings. The normalized spacial score (nSPS) is 12.0. The highest BCUT2D eigenvalue weighted by molar-refractivity contribution is 5.94. The van der Waals surface area contributed by atoms with Crippen molar-refractivity contribution in [1.82, 2.24) is 25.9 Å². The Balaban J connectivity index is 2.03. The summed E-state index contributed by atoms with van der Waals surface area (Å²) in [4.78, 5) is 14.4. The molecule has 112 valence electrons. The highest BCUT2D eigenvalue weighted by atomic mass is 16.1. The third-order valence-electron chi connectivity index (χ3n) is 3.35. The highest BCUT2D eigenvalue weighted by Crippen LogP contribution is 2.15. The van der Waals surface area contributed by atoms with Crippen LogP contribution in [-0.4, -0.2) is 39.6 Å². The number of amides is 1. The number of carbonyl (C=O) groups is 1. The van der Waals surface area contributed by atoms with E-state index in [1.54, 1.807) is 0 Å². The lowest BCUT2D eigenvalue weighted by Crippen LogP contribution is -2.27. The van der Waals surface area contributed by atoms with Crippen LogP contribution < -0.4 is 10.2 Å². The first-order valence-electron chi connectivity index (χ1n) is 7.04. The van der Waals surface area contributed by atoms with Crippen LogP contribution in [0.15, 0.2) is 24.3 Å². The fourth-order valence-corrected chi connectivity index (χ4v) is 2.11. The molecule has 0 aliphatic carbocycles. The van der Waals surface area contributed by atoms with E-state index in [1.165, 1.54) is 0 Å². The molecule has 1 heterocycles. The fourth-order valence-electron chi connectivity index (χ4n) is 2.11. The second-order valence-corrected chi connectivity index (χ2v) is 4.68. The molecule has 0 radical (unpaired) electrons. The summed E-state index contributed by atoms with van der Waals surface area (Å²) in [6, 6.07) is 7.28. The number of nitrogens with zero attached hydrogens (tertiary/aromatic N) is 4. The maximum Gasteiger partial charge on any atom is 0.251 e. The minimum atomic E-state index is -0.293. The summed E-state index contributed by atoms with van der Waals surface area (Å²) >= 11 is 0. The van der Waals surface area contributed by atoms with E-state index in [9.17, 15) is 4.79 Å². The average Bonchev–Trinajstić information content (AvgIpc) is 3.03. The lowest BCUT2D eigenvalue weighted by molar-refractivity contribution is 0.0938. The number of hydrogen-bond donors (Lipinski definition) is 2. The molecule has 2 aromatic rings. The Morgan fingerprint density at radius 3 is 2.48 bits per heavy atom. The van der Waals surface area contributed by atoms with Crippen molar-refractivity contribution in [3.63, 3.8) is 0 Å². The quantitative estimate of drug-likeness (QED) is 0.842. The zero-order valence-corrected chi connectivity index (χ0v) is 12.5. The summed E-state index contributed by atoms with van der Waals surface area (Å²) < 4.78 is 0. The van der Waals surface area contributed by atoms with Gasteiger partial charge in [-0.1, -0.05) is 5.21 Å². The number of rotatable bonds is 6. The van der Waals surface area contributed by atoms with E-state index in [-0.39, 0.29) is 11.9 Å². The molecule has 0 bridgehead atoms. The van der Waals surface area contributed by atoms with Crippen molar-refractivity contribution in [3.05, 3.63) is 35.7 Å². The molecule has 0 spiro atoms. The lowest BCUT2D eigenvalue weighted by Gasteiger charge is -2.21. The maximum absolute atomic E-state index is 12.2. The summed E-state index contributed by atoms with van der Waals surface area (Å²) in [5.41, 5.74) is 1.73. The summed E-state index contributed by atoms with van der Waals surface area (Å²) in [5.74, 6) is 0.307. The Hall–Kier alpha value is -2.44. The minimum absolute atomic E-state index is 0.154. The van der Waals surface area contributed by atoms with E-state index < -0.39 is 0 Å².